The van der Waals surface area contributed by atoms with Crippen molar-refractivity contribution < 1.29 is 24.1 Å². The number of methoxy groups -OCH3 is 1. The van der Waals surface area contributed by atoms with Crippen LogP contribution < -0.4 is 9.47 Å². The maximum absolute atomic E-state index is 11.4. The first-order chi connectivity index (χ1) is 12.7. The fourth-order valence-corrected chi connectivity index (χ4v) is 3.30. The van der Waals surface area contributed by atoms with E-state index in [1.165, 1.54) is 12.7 Å². The normalized spacial score (nSPS) is 14.5. The molecule has 2 aliphatic heterocycles. The summed E-state index contributed by atoms with van der Waals surface area (Å²) in [4.78, 5) is 11.4. The lowest BCUT2D eigenvalue weighted by Gasteiger charge is -2.19. The highest BCUT2D eigenvalue weighted by atomic mass is 16.5. The van der Waals surface area contributed by atoms with Crippen LogP contribution in [0.25, 0.3) is 0 Å². The molecule has 0 amide bonds. The number of aliphatic hydroxyl groups excluding tert-OH is 1. The van der Waals surface area contributed by atoms with E-state index in [1.54, 1.807) is 6.07 Å². The molecule has 0 aliphatic carbocycles. The molecular weight excluding hydrogens is 332 g/mol. The maximum atomic E-state index is 11.4. The summed E-state index contributed by atoms with van der Waals surface area (Å²) in [7, 11) is 1.39. The standard InChI is InChI=1S/C11H12O3.C10H12O2/c1-13-11(12)9-4-2-6-10-8(9)5-3-7-14-10;11-7-8-3-1-5-10-9(8)4-2-6-12-10/h2,4,6H,3,5,7H2,1H3;1,3,5,11H,2,4,6-7H2. The smallest absolute Gasteiger partial charge is 0.338 e. The van der Waals surface area contributed by atoms with E-state index in [1.807, 2.05) is 30.3 Å². The first kappa shape index (κ1) is 18.3. The van der Waals surface area contributed by atoms with Gasteiger partial charge in [-0.1, -0.05) is 18.2 Å². The Kier molecular flexibility index (Phi) is 6.12. The molecule has 0 bridgehead atoms. The van der Waals surface area contributed by atoms with E-state index in [4.69, 9.17) is 19.3 Å². The van der Waals surface area contributed by atoms with Crippen molar-refractivity contribution in [3.63, 3.8) is 0 Å². The zero-order chi connectivity index (χ0) is 18.4. The van der Waals surface area contributed by atoms with E-state index in [0.29, 0.717) is 5.56 Å². The zero-order valence-electron chi connectivity index (χ0n) is 15.0. The first-order valence-electron chi connectivity index (χ1n) is 8.92. The van der Waals surface area contributed by atoms with Gasteiger partial charge in [-0.25, -0.2) is 4.79 Å². The summed E-state index contributed by atoms with van der Waals surface area (Å²) in [6.07, 6.45) is 3.94. The molecule has 26 heavy (non-hydrogen) atoms. The molecule has 1 N–H and O–H groups in total. The number of carbonyl (C=O) groups excluding carboxylic acids is 1. The van der Waals surface area contributed by atoms with Crippen LogP contribution in [0.15, 0.2) is 36.4 Å². The van der Waals surface area contributed by atoms with Crippen molar-refractivity contribution in [1.82, 2.24) is 0 Å². The monoisotopic (exact) mass is 356 g/mol. The third kappa shape index (κ3) is 3.99. The van der Waals surface area contributed by atoms with Crippen LogP contribution in [0.2, 0.25) is 0 Å². The van der Waals surface area contributed by atoms with Crippen molar-refractivity contribution in [1.29, 1.82) is 0 Å². The summed E-state index contributed by atoms with van der Waals surface area (Å²) in [6.45, 7) is 1.66. The third-order valence-electron chi connectivity index (χ3n) is 4.60. The van der Waals surface area contributed by atoms with E-state index in [-0.39, 0.29) is 12.6 Å². The number of hydrogen-bond acceptors (Lipinski definition) is 5. The van der Waals surface area contributed by atoms with E-state index < -0.39 is 0 Å². The third-order valence-corrected chi connectivity index (χ3v) is 4.60. The second-order valence-corrected chi connectivity index (χ2v) is 6.23. The molecule has 2 aliphatic rings. The van der Waals surface area contributed by atoms with Crippen LogP contribution in [-0.2, 0) is 24.2 Å². The molecule has 0 unspecified atom stereocenters. The SMILES string of the molecule is COC(=O)c1cccc2c1CCCO2.OCc1cccc2c1CCCO2. The molecule has 0 atom stereocenters. The second kappa shape index (κ2) is 8.72. The Morgan fingerprint density at radius 1 is 1.00 bits per heavy atom. The topological polar surface area (TPSA) is 65.0 Å². The van der Waals surface area contributed by atoms with Crippen LogP contribution in [0.3, 0.4) is 0 Å². The van der Waals surface area contributed by atoms with Gasteiger partial charge >= 0.3 is 5.97 Å². The number of fused-ring (bicyclic) bond motifs is 2. The molecule has 2 aromatic carbocycles. The molecule has 5 heteroatoms. The summed E-state index contributed by atoms with van der Waals surface area (Å²) in [5.74, 6) is 1.49. The average Bonchev–Trinajstić information content (AvgIpc) is 2.72. The molecule has 0 saturated heterocycles. The van der Waals surface area contributed by atoms with Gasteiger partial charge in [-0.2, -0.15) is 0 Å². The molecule has 0 radical (unpaired) electrons. The van der Waals surface area contributed by atoms with Gasteiger partial charge in [0.1, 0.15) is 11.5 Å². The number of rotatable bonds is 2. The second-order valence-electron chi connectivity index (χ2n) is 6.23. The van der Waals surface area contributed by atoms with Crippen LogP contribution >= 0.6 is 0 Å². The van der Waals surface area contributed by atoms with E-state index in [9.17, 15) is 4.79 Å². The highest BCUT2D eigenvalue weighted by Crippen LogP contribution is 2.28. The zero-order valence-corrected chi connectivity index (χ0v) is 15.0. The van der Waals surface area contributed by atoms with Crippen molar-refractivity contribution >= 4 is 5.97 Å². The van der Waals surface area contributed by atoms with Crippen molar-refractivity contribution in [3.8, 4) is 11.5 Å². The van der Waals surface area contributed by atoms with Crippen LogP contribution in [-0.4, -0.2) is 31.4 Å². The van der Waals surface area contributed by atoms with Gasteiger partial charge in [0.05, 0.1) is 32.5 Å². The van der Waals surface area contributed by atoms with Gasteiger partial charge in [-0.05, 0) is 55.0 Å². The van der Waals surface area contributed by atoms with Gasteiger partial charge in [-0.3, -0.25) is 0 Å². The molecule has 2 aromatic rings. The summed E-state index contributed by atoms with van der Waals surface area (Å²) in [6, 6.07) is 11.3. The average molecular weight is 356 g/mol. The molecular formula is C21H24O5. The number of carbonyl (C=O) groups is 1. The summed E-state index contributed by atoms with van der Waals surface area (Å²) >= 11 is 0. The van der Waals surface area contributed by atoms with Gasteiger partial charge in [0.25, 0.3) is 0 Å². The van der Waals surface area contributed by atoms with Gasteiger partial charge in [0, 0.05) is 5.56 Å². The number of esters is 1. The van der Waals surface area contributed by atoms with E-state index in [0.717, 1.165) is 61.5 Å². The predicted octanol–water partition coefficient (Wildman–Crippen LogP) is 3.30. The fourth-order valence-electron chi connectivity index (χ4n) is 3.30. The van der Waals surface area contributed by atoms with Crippen LogP contribution in [0.1, 0.15) is 39.9 Å². The fraction of sp³-hybridized carbons (Fsp3) is 0.381. The minimum Gasteiger partial charge on any atom is -0.493 e. The minimum atomic E-state index is -0.285. The van der Waals surface area contributed by atoms with Crippen molar-refractivity contribution in [2.24, 2.45) is 0 Å². The number of hydrogen-bond donors (Lipinski definition) is 1. The molecule has 0 fully saturated rings. The molecule has 0 saturated carbocycles. The molecule has 4 rings (SSSR count). The van der Waals surface area contributed by atoms with Crippen molar-refractivity contribution in [2.75, 3.05) is 20.3 Å². The van der Waals surface area contributed by atoms with Crippen LogP contribution in [0.4, 0.5) is 0 Å². The first-order valence-corrected chi connectivity index (χ1v) is 8.92. The molecule has 138 valence electrons. The molecule has 0 spiro atoms. The number of aliphatic hydroxyl groups is 1. The molecule has 2 heterocycles. The summed E-state index contributed by atoms with van der Waals surface area (Å²) in [5.41, 5.74) is 3.80. The minimum absolute atomic E-state index is 0.118. The van der Waals surface area contributed by atoms with E-state index >= 15 is 0 Å². The van der Waals surface area contributed by atoms with Crippen molar-refractivity contribution in [2.45, 2.75) is 32.3 Å². The van der Waals surface area contributed by atoms with Gasteiger partial charge in [0.2, 0.25) is 0 Å². The Morgan fingerprint density at radius 3 is 2.27 bits per heavy atom. The van der Waals surface area contributed by atoms with Gasteiger partial charge in [-0.15, -0.1) is 0 Å². The van der Waals surface area contributed by atoms with Gasteiger partial charge in [0.15, 0.2) is 0 Å². The Hall–Kier alpha value is -2.53. The van der Waals surface area contributed by atoms with E-state index in [2.05, 4.69) is 0 Å². The predicted molar refractivity (Wildman–Crippen MR) is 97.8 cm³/mol. The summed E-state index contributed by atoms with van der Waals surface area (Å²) < 4.78 is 15.6. The largest absolute Gasteiger partial charge is 0.493 e. The molecule has 0 aromatic heterocycles. The Labute approximate surface area is 153 Å². The van der Waals surface area contributed by atoms with Crippen LogP contribution in [0, 0.1) is 0 Å². The lowest BCUT2D eigenvalue weighted by Crippen LogP contribution is -2.13. The number of benzene rings is 2. The molecule has 5 nitrogen and oxygen atoms in total. The maximum Gasteiger partial charge on any atom is 0.338 e. The lowest BCUT2D eigenvalue weighted by molar-refractivity contribution is 0.0598. The Bertz CT molecular complexity index is 755. The highest BCUT2D eigenvalue weighted by Gasteiger charge is 2.18. The quantitative estimate of drug-likeness (QED) is 0.837. The van der Waals surface area contributed by atoms with Gasteiger partial charge < -0.3 is 19.3 Å². The lowest BCUT2D eigenvalue weighted by atomic mass is 10.0. The van der Waals surface area contributed by atoms with Crippen molar-refractivity contribution in [3.05, 3.63) is 58.7 Å². The highest BCUT2D eigenvalue weighted by molar-refractivity contribution is 5.91. The Balaban J connectivity index is 0.000000152. The number of ether oxygens (including phenoxy) is 3. The Morgan fingerprint density at radius 2 is 1.62 bits per heavy atom. The van der Waals surface area contributed by atoms with Crippen LogP contribution in [0.5, 0.6) is 11.5 Å². The summed E-state index contributed by atoms with van der Waals surface area (Å²) in [5, 5.41) is 9.04.